The van der Waals surface area contributed by atoms with Gasteiger partial charge in [-0.25, -0.2) is 9.97 Å². The van der Waals surface area contributed by atoms with Gasteiger partial charge in [0.2, 0.25) is 0 Å². The average Bonchev–Trinajstić information content (AvgIpc) is 3.67. The molecule has 0 saturated heterocycles. The lowest BCUT2D eigenvalue weighted by Gasteiger charge is -2.08. The number of nitrogens with one attached hydrogen (secondary N) is 2. The lowest BCUT2D eigenvalue weighted by atomic mass is 9.99. The van der Waals surface area contributed by atoms with Crippen molar-refractivity contribution in [1.29, 1.82) is 0 Å². The summed E-state index contributed by atoms with van der Waals surface area (Å²) in [6, 6.07) is 7.77. The van der Waals surface area contributed by atoms with Crippen LogP contribution in [0.2, 0.25) is 0 Å². The first kappa shape index (κ1) is 32.8. The second-order valence-electron chi connectivity index (χ2n) is 12.0. The highest BCUT2D eigenvalue weighted by atomic mass is 16.5. The summed E-state index contributed by atoms with van der Waals surface area (Å²) in [5.41, 5.74) is 12.7. The van der Waals surface area contributed by atoms with Crippen molar-refractivity contribution < 1.29 is 29.3 Å². The van der Waals surface area contributed by atoms with Gasteiger partial charge in [-0.15, -0.1) is 0 Å². The van der Waals surface area contributed by atoms with Gasteiger partial charge in [0.15, 0.2) is 0 Å². The molecule has 3 aromatic heterocycles. The van der Waals surface area contributed by atoms with Crippen molar-refractivity contribution in [2.24, 2.45) is 0 Å². The van der Waals surface area contributed by atoms with Gasteiger partial charge in [-0.3, -0.25) is 9.59 Å². The van der Waals surface area contributed by atoms with Gasteiger partial charge in [0.1, 0.15) is 0 Å². The van der Waals surface area contributed by atoms with E-state index in [0.29, 0.717) is 46.8 Å². The zero-order valence-corrected chi connectivity index (χ0v) is 27.7. The van der Waals surface area contributed by atoms with E-state index in [1.54, 1.807) is 13.8 Å². The molecule has 3 aromatic rings. The predicted octanol–water partition coefficient (Wildman–Crippen LogP) is 5.77. The summed E-state index contributed by atoms with van der Waals surface area (Å²) in [6.45, 7) is 11.3. The molecule has 10 nitrogen and oxygen atoms in total. The van der Waals surface area contributed by atoms with Gasteiger partial charge in [-0.2, -0.15) is 0 Å². The van der Waals surface area contributed by atoms with E-state index in [2.05, 4.69) is 9.97 Å². The number of fused-ring (bicyclic) bond motifs is 8. The first-order valence-electron chi connectivity index (χ1n) is 15.5. The topological polar surface area (TPSA) is 150 Å². The number of allylic oxidation sites excluding steroid dienone is 2. The fraction of sp³-hybridized carbons (Fsp3) is 0.389. The van der Waals surface area contributed by atoms with Crippen LogP contribution in [0.4, 0.5) is 0 Å². The monoisotopic (exact) mass is 626 g/mol. The second-order valence-corrected chi connectivity index (χ2v) is 12.0. The summed E-state index contributed by atoms with van der Waals surface area (Å²) in [4.78, 5) is 41.4. The van der Waals surface area contributed by atoms with E-state index >= 15 is 0 Å². The zero-order chi connectivity index (χ0) is 33.4. The van der Waals surface area contributed by atoms with Crippen LogP contribution in [0, 0.1) is 13.8 Å². The molecule has 0 aliphatic carbocycles. The van der Waals surface area contributed by atoms with Gasteiger partial charge in [0.05, 0.1) is 49.2 Å². The Morgan fingerprint density at radius 1 is 0.652 bits per heavy atom. The number of rotatable bonds is 8. The minimum Gasteiger partial charge on any atom is -0.469 e. The molecule has 0 amide bonds. The first-order chi connectivity index (χ1) is 21.8. The van der Waals surface area contributed by atoms with E-state index in [1.165, 1.54) is 14.2 Å². The number of methoxy groups -OCH3 is 2. The molecule has 0 unspecified atom stereocenters. The fourth-order valence-corrected chi connectivity index (χ4v) is 6.51. The number of H-pyrrole nitrogens is 2. The molecule has 8 bridgehead atoms. The Balaban J connectivity index is 1.93. The minimum atomic E-state index is -0.782. The third kappa shape index (κ3) is 6.15. The largest absolute Gasteiger partial charge is 0.469 e. The highest BCUT2D eigenvalue weighted by molar-refractivity contribution is 5.97. The molecule has 4 N–H and O–H groups in total. The van der Waals surface area contributed by atoms with Crippen LogP contribution in [0.15, 0.2) is 24.3 Å². The smallest absolute Gasteiger partial charge is 0.305 e. The maximum atomic E-state index is 12.2. The van der Waals surface area contributed by atoms with Crippen molar-refractivity contribution in [2.45, 2.75) is 79.4 Å². The Bertz CT molecular complexity index is 1960. The number of aliphatic hydroxyl groups excluding tert-OH is 2. The molecule has 0 fully saturated rings. The SMILES string of the molecule is COC(=O)CCc1c(C)c2cc3nc(cc4nc(cc5[nH]c(cc1[nH]2)c(CCC(=O)OC)c5C)C([C@H](C)O)=C4C)C([C@@H](C)O)=C3C. The van der Waals surface area contributed by atoms with Crippen LogP contribution in [0.1, 0.15) is 85.6 Å². The van der Waals surface area contributed by atoms with E-state index in [4.69, 9.17) is 19.4 Å². The van der Waals surface area contributed by atoms with Gasteiger partial charge in [-0.1, -0.05) is 0 Å². The van der Waals surface area contributed by atoms with Crippen LogP contribution in [0.25, 0.3) is 44.4 Å². The van der Waals surface area contributed by atoms with Crippen LogP contribution < -0.4 is 0 Å². The number of carbonyl (C=O) groups excluding carboxylic acids is 2. The summed E-state index contributed by atoms with van der Waals surface area (Å²) < 4.78 is 9.88. The van der Waals surface area contributed by atoms with Crippen LogP contribution in [-0.4, -0.2) is 68.5 Å². The molecule has 5 rings (SSSR count). The Morgan fingerprint density at radius 3 is 1.46 bits per heavy atom. The summed E-state index contributed by atoms with van der Waals surface area (Å²) in [6.07, 6.45) is -0.245. The number of hydrogen-bond donors (Lipinski definition) is 4. The molecule has 242 valence electrons. The van der Waals surface area contributed by atoms with Gasteiger partial charge < -0.3 is 29.7 Å². The number of nitrogens with zero attached hydrogens (tertiary/aromatic N) is 2. The number of esters is 2. The van der Waals surface area contributed by atoms with Crippen LogP contribution in [0.3, 0.4) is 0 Å². The summed E-state index contributed by atoms with van der Waals surface area (Å²) in [7, 11) is 2.76. The van der Waals surface area contributed by atoms with E-state index in [1.807, 2.05) is 52.0 Å². The summed E-state index contributed by atoms with van der Waals surface area (Å²) >= 11 is 0. The number of aliphatic hydroxyl groups is 2. The Hall–Kier alpha value is -4.54. The summed E-state index contributed by atoms with van der Waals surface area (Å²) in [5, 5.41) is 21.7. The molecular formula is C36H42N4O6. The minimum absolute atomic E-state index is 0.203. The molecule has 2 aliphatic rings. The molecule has 5 heterocycles. The quantitative estimate of drug-likeness (QED) is 0.230. The Kier molecular flexibility index (Phi) is 9.32. The Morgan fingerprint density at radius 2 is 1.04 bits per heavy atom. The highest BCUT2D eigenvalue weighted by Crippen LogP contribution is 2.37. The summed E-state index contributed by atoms with van der Waals surface area (Å²) in [5.74, 6) is -0.609. The van der Waals surface area contributed by atoms with Crippen molar-refractivity contribution in [2.75, 3.05) is 14.2 Å². The third-order valence-corrected chi connectivity index (χ3v) is 9.09. The van der Waals surface area contributed by atoms with Crippen molar-refractivity contribution in [3.05, 3.63) is 69.3 Å². The molecule has 0 saturated carbocycles. The molecule has 2 aliphatic heterocycles. The van der Waals surface area contributed by atoms with Gasteiger partial charge in [0, 0.05) is 46.1 Å². The Labute approximate surface area is 268 Å². The van der Waals surface area contributed by atoms with E-state index < -0.39 is 12.2 Å². The van der Waals surface area contributed by atoms with Crippen molar-refractivity contribution in [3.63, 3.8) is 0 Å². The third-order valence-electron chi connectivity index (χ3n) is 9.09. The molecule has 2 atom stereocenters. The van der Waals surface area contributed by atoms with E-state index in [-0.39, 0.29) is 24.8 Å². The van der Waals surface area contributed by atoms with Crippen molar-refractivity contribution in [1.82, 2.24) is 19.9 Å². The van der Waals surface area contributed by atoms with Gasteiger partial charge in [-0.05, 0) is 112 Å². The normalized spacial score (nSPS) is 14.5. The fourth-order valence-electron chi connectivity index (χ4n) is 6.51. The standard InChI is InChI=1S/C36H42N4O6/c1-17-23(9-11-33(43)45-7)29-16-30-24(10-12-34(44)46-8)18(2)26(38-30)14-31-36(22(6)42)20(4)28(40-31)15-32-35(21(5)41)19(3)27(39-32)13-25(17)37-29/h13-16,21-22,37-38,41-42H,9-12H2,1-8H3/t21-,22+/m1/s1. The maximum Gasteiger partial charge on any atom is 0.305 e. The van der Waals surface area contributed by atoms with Crippen molar-refractivity contribution in [3.8, 4) is 0 Å². The number of aromatic amines is 2. The number of aromatic nitrogens is 4. The average molecular weight is 627 g/mol. The molecular weight excluding hydrogens is 584 g/mol. The number of hydrogen-bond acceptors (Lipinski definition) is 8. The molecule has 0 aromatic carbocycles. The lowest BCUT2D eigenvalue weighted by Crippen LogP contribution is -2.03. The number of aryl methyl sites for hydroxylation is 4. The first-order valence-corrected chi connectivity index (χ1v) is 15.5. The molecule has 0 spiro atoms. The van der Waals surface area contributed by atoms with E-state index in [9.17, 15) is 19.8 Å². The number of carbonyl (C=O) groups is 2. The maximum absolute atomic E-state index is 12.2. The predicted molar refractivity (Wildman–Crippen MR) is 179 cm³/mol. The molecule has 10 heteroatoms. The van der Waals surface area contributed by atoms with Gasteiger partial charge in [0.25, 0.3) is 0 Å². The van der Waals surface area contributed by atoms with Crippen LogP contribution in [0.5, 0.6) is 0 Å². The second kappa shape index (κ2) is 13.1. The molecule has 46 heavy (non-hydrogen) atoms. The van der Waals surface area contributed by atoms with Crippen molar-refractivity contribution >= 4 is 56.3 Å². The van der Waals surface area contributed by atoms with Gasteiger partial charge >= 0.3 is 11.9 Å². The zero-order valence-electron chi connectivity index (χ0n) is 27.7. The highest BCUT2D eigenvalue weighted by Gasteiger charge is 2.25. The lowest BCUT2D eigenvalue weighted by molar-refractivity contribution is -0.141. The van der Waals surface area contributed by atoms with Crippen LogP contribution >= 0.6 is 0 Å². The van der Waals surface area contributed by atoms with E-state index in [0.717, 1.165) is 55.5 Å². The molecule has 0 radical (unpaired) electrons. The van der Waals surface area contributed by atoms with Crippen LogP contribution in [-0.2, 0) is 31.9 Å². The number of ether oxygens (including phenoxy) is 2.